The van der Waals surface area contributed by atoms with Crippen LogP contribution in [0.1, 0.15) is 20.8 Å². The van der Waals surface area contributed by atoms with E-state index >= 15 is 0 Å². The molecule has 0 aliphatic rings. The number of hydrogen-bond acceptors (Lipinski definition) is 2. The number of nitrogens with zero attached hydrogens (tertiary/aromatic N) is 1. The molecule has 0 saturated carbocycles. The number of hydrogen-bond donors (Lipinski definition) is 1. The van der Waals surface area contributed by atoms with E-state index in [1.165, 1.54) is 6.20 Å². The van der Waals surface area contributed by atoms with Gasteiger partial charge in [-0.25, -0.2) is 0 Å². The molecule has 0 saturated heterocycles. The van der Waals surface area contributed by atoms with E-state index in [-0.39, 0.29) is 0 Å². The summed E-state index contributed by atoms with van der Waals surface area (Å²) < 4.78 is 0. The molecule has 0 aliphatic carbocycles. The zero-order valence-corrected chi connectivity index (χ0v) is 7.59. The van der Waals surface area contributed by atoms with E-state index < -0.39 is 0 Å². The van der Waals surface area contributed by atoms with Crippen LogP contribution in [0.15, 0.2) is 17.3 Å². The summed E-state index contributed by atoms with van der Waals surface area (Å²) in [5, 5.41) is 2.37. The van der Waals surface area contributed by atoms with Crippen molar-refractivity contribution in [2.24, 2.45) is 4.99 Å². The summed E-state index contributed by atoms with van der Waals surface area (Å²) in [6.07, 6.45) is 3.86. The summed E-state index contributed by atoms with van der Waals surface area (Å²) in [5.41, 5.74) is 0.879. The molecule has 0 unspecified atom stereocenters. The molecule has 11 heavy (non-hydrogen) atoms. The number of carbonyl (C=O) groups is 1. The van der Waals surface area contributed by atoms with E-state index in [0.29, 0.717) is 6.41 Å². The van der Waals surface area contributed by atoms with Gasteiger partial charge >= 0.3 is 0 Å². The first kappa shape index (κ1) is 12.5. The standard InChI is InChI=1S/C6H10N2O.C2H6/c1-6(7-2)3-4-8-5-9;1-2/h3-5H,1-2H3,(H,8,9);1-2H3/b4-3-,7-6?;. The van der Waals surface area contributed by atoms with Crippen LogP contribution in [0.25, 0.3) is 0 Å². The van der Waals surface area contributed by atoms with Gasteiger partial charge in [-0.3, -0.25) is 9.79 Å². The minimum absolute atomic E-state index is 0.611. The van der Waals surface area contributed by atoms with Gasteiger partial charge in [0.2, 0.25) is 6.41 Å². The zero-order valence-electron chi connectivity index (χ0n) is 7.59. The molecule has 3 heteroatoms. The third-order valence-electron chi connectivity index (χ3n) is 0.842. The Labute approximate surface area is 68.2 Å². The Hall–Kier alpha value is -1.12. The normalized spacial score (nSPS) is 10.4. The van der Waals surface area contributed by atoms with E-state index in [2.05, 4.69) is 10.3 Å². The van der Waals surface area contributed by atoms with Crippen LogP contribution in [0.2, 0.25) is 0 Å². The molecule has 0 atom stereocenters. The number of nitrogens with one attached hydrogen (secondary N) is 1. The largest absolute Gasteiger partial charge is 0.335 e. The van der Waals surface area contributed by atoms with Gasteiger partial charge in [0.05, 0.1) is 0 Å². The molecule has 1 N–H and O–H groups in total. The van der Waals surface area contributed by atoms with Crippen LogP contribution >= 0.6 is 0 Å². The molecule has 0 aromatic rings. The molecule has 0 radical (unpaired) electrons. The second kappa shape index (κ2) is 11.6. The van der Waals surface area contributed by atoms with Crippen LogP contribution < -0.4 is 5.32 Å². The van der Waals surface area contributed by atoms with E-state index in [9.17, 15) is 4.79 Å². The first-order chi connectivity index (χ1) is 5.31. The minimum Gasteiger partial charge on any atom is -0.335 e. The molecule has 0 rings (SSSR count). The number of allylic oxidation sites excluding steroid dienone is 1. The molecule has 0 aromatic carbocycles. The third-order valence-corrected chi connectivity index (χ3v) is 0.842. The highest BCUT2D eigenvalue weighted by Crippen LogP contribution is 1.74. The minimum atomic E-state index is 0.611. The summed E-state index contributed by atoms with van der Waals surface area (Å²) in [7, 11) is 1.70. The highest BCUT2D eigenvalue weighted by Gasteiger charge is 1.75. The van der Waals surface area contributed by atoms with Gasteiger partial charge in [-0.1, -0.05) is 13.8 Å². The monoisotopic (exact) mass is 156 g/mol. The zero-order chi connectivity index (χ0) is 9.11. The van der Waals surface area contributed by atoms with Crippen LogP contribution in [0, 0.1) is 0 Å². The summed E-state index contributed by atoms with van der Waals surface area (Å²) in [6, 6.07) is 0. The molecular formula is C8H16N2O. The maximum absolute atomic E-state index is 9.67. The Balaban J connectivity index is 0. The summed E-state index contributed by atoms with van der Waals surface area (Å²) in [4.78, 5) is 13.5. The summed E-state index contributed by atoms with van der Waals surface area (Å²) in [6.45, 7) is 5.85. The highest BCUT2D eigenvalue weighted by atomic mass is 16.1. The van der Waals surface area contributed by atoms with E-state index in [1.807, 2.05) is 20.8 Å². The first-order valence-electron chi connectivity index (χ1n) is 3.61. The lowest BCUT2D eigenvalue weighted by molar-refractivity contribution is -0.108. The fraction of sp³-hybridized carbons (Fsp3) is 0.500. The van der Waals surface area contributed by atoms with Crippen molar-refractivity contribution in [2.45, 2.75) is 20.8 Å². The van der Waals surface area contributed by atoms with Crippen molar-refractivity contribution in [1.82, 2.24) is 5.32 Å². The predicted octanol–water partition coefficient (Wildman–Crippen LogP) is 1.36. The smallest absolute Gasteiger partial charge is 0.211 e. The topological polar surface area (TPSA) is 41.5 Å². The third kappa shape index (κ3) is 12.2. The molecule has 0 bridgehead atoms. The highest BCUT2D eigenvalue weighted by molar-refractivity contribution is 5.92. The van der Waals surface area contributed by atoms with Crippen molar-refractivity contribution in [3.8, 4) is 0 Å². The van der Waals surface area contributed by atoms with Crippen molar-refractivity contribution in [3.05, 3.63) is 12.3 Å². The van der Waals surface area contributed by atoms with Gasteiger partial charge in [-0.15, -0.1) is 0 Å². The number of rotatable bonds is 3. The maximum atomic E-state index is 9.67. The van der Waals surface area contributed by atoms with Crippen LogP contribution in [0.3, 0.4) is 0 Å². The van der Waals surface area contributed by atoms with E-state index in [4.69, 9.17) is 0 Å². The van der Waals surface area contributed by atoms with Gasteiger partial charge in [0, 0.05) is 19.0 Å². The maximum Gasteiger partial charge on any atom is 0.211 e. The Morgan fingerprint density at radius 2 is 2.00 bits per heavy atom. The average molecular weight is 156 g/mol. The molecule has 0 aliphatic heterocycles. The molecular weight excluding hydrogens is 140 g/mol. The molecule has 64 valence electrons. The second-order valence-corrected chi connectivity index (χ2v) is 1.48. The van der Waals surface area contributed by atoms with Crippen LogP contribution in [-0.4, -0.2) is 19.2 Å². The lowest BCUT2D eigenvalue weighted by Gasteiger charge is -1.85. The first-order valence-corrected chi connectivity index (χ1v) is 3.61. The van der Waals surface area contributed by atoms with Crippen molar-refractivity contribution in [2.75, 3.05) is 7.05 Å². The van der Waals surface area contributed by atoms with Crippen molar-refractivity contribution in [3.63, 3.8) is 0 Å². The fourth-order valence-corrected chi connectivity index (χ4v) is 0.283. The summed E-state index contributed by atoms with van der Waals surface area (Å²) >= 11 is 0. The predicted molar refractivity (Wildman–Crippen MR) is 48.7 cm³/mol. The van der Waals surface area contributed by atoms with E-state index in [0.717, 1.165) is 5.71 Å². The molecule has 0 aromatic heterocycles. The summed E-state index contributed by atoms with van der Waals surface area (Å²) in [5.74, 6) is 0. The van der Waals surface area contributed by atoms with Crippen molar-refractivity contribution >= 4 is 12.1 Å². The van der Waals surface area contributed by atoms with Gasteiger partial charge < -0.3 is 5.32 Å². The second-order valence-electron chi connectivity index (χ2n) is 1.48. The average Bonchev–Trinajstić information content (AvgIpc) is 2.08. The van der Waals surface area contributed by atoms with Crippen LogP contribution in [0.4, 0.5) is 0 Å². The quantitative estimate of drug-likeness (QED) is 0.486. The molecule has 1 amide bonds. The van der Waals surface area contributed by atoms with Gasteiger partial charge in [0.1, 0.15) is 0 Å². The van der Waals surface area contributed by atoms with Crippen molar-refractivity contribution < 1.29 is 4.79 Å². The van der Waals surface area contributed by atoms with Gasteiger partial charge in [-0.05, 0) is 13.0 Å². The fourth-order valence-electron chi connectivity index (χ4n) is 0.283. The Morgan fingerprint density at radius 3 is 2.36 bits per heavy atom. The number of aliphatic imine (C=N–C) groups is 1. The molecule has 0 fully saturated rings. The van der Waals surface area contributed by atoms with E-state index in [1.54, 1.807) is 13.1 Å². The lowest BCUT2D eigenvalue weighted by Crippen LogP contribution is -1.99. The molecule has 0 heterocycles. The molecule has 0 spiro atoms. The van der Waals surface area contributed by atoms with Crippen molar-refractivity contribution in [1.29, 1.82) is 0 Å². The lowest BCUT2D eigenvalue weighted by atomic mass is 10.4. The molecule has 3 nitrogen and oxygen atoms in total. The van der Waals surface area contributed by atoms with Crippen LogP contribution in [0.5, 0.6) is 0 Å². The van der Waals surface area contributed by atoms with Gasteiger partial charge in [0.15, 0.2) is 0 Å². The van der Waals surface area contributed by atoms with Gasteiger partial charge in [0.25, 0.3) is 0 Å². The van der Waals surface area contributed by atoms with Gasteiger partial charge in [-0.2, -0.15) is 0 Å². The number of carbonyl (C=O) groups excluding carboxylic acids is 1. The van der Waals surface area contributed by atoms with Crippen LogP contribution in [-0.2, 0) is 4.79 Å². The Kier molecular flexibility index (Phi) is 13.3. The number of amides is 1. The Bertz CT molecular complexity index is 139. The Morgan fingerprint density at radius 1 is 1.45 bits per heavy atom. The SMILES string of the molecule is CC.CN=C(C)/C=C\NC=O.